The van der Waals surface area contributed by atoms with Crippen LogP contribution in [0.4, 0.5) is 0 Å². The van der Waals surface area contributed by atoms with Crippen LogP contribution in [0.25, 0.3) is 0 Å². The second-order valence-electron chi connectivity index (χ2n) is 7.43. The summed E-state index contributed by atoms with van der Waals surface area (Å²) in [6.07, 6.45) is 7.04. The molecule has 1 aliphatic carbocycles. The van der Waals surface area contributed by atoms with Crippen LogP contribution in [-0.2, 0) is 0 Å². The van der Waals surface area contributed by atoms with Gasteiger partial charge in [0.15, 0.2) is 0 Å². The summed E-state index contributed by atoms with van der Waals surface area (Å²) in [7, 11) is 0. The van der Waals surface area contributed by atoms with E-state index in [1.54, 1.807) is 0 Å². The molecule has 0 bridgehead atoms. The largest absolute Gasteiger partial charge is 0.314 e. The van der Waals surface area contributed by atoms with Crippen molar-refractivity contribution in [3.63, 3.8) is 0 Å². The fourth-order valence-corrected chi connectivity index (χ4v) is 3.63. The van der Waals surface area contributed by atoms with Crippen LogP contribution in [0.3, 0.4) is 0 Å². The molecule has 2 fully saturated rings. The fourth-order valence-electron chi connectivity index (χ4n) is 3.63. The first-order chi connectivity index (χ1) is 7.91. The Kier molecular flexibility index (Phi) is 3.84. The van der Waals surface area contributed by atoms with Gasteiger partial charge in [-0.2, -0.15) is 0 Å². The molecule has 1 saturated carbocycles. The first-order valence-electron chi connectivity index (χ1n) is 7.38. The van der Waals surface area contributed by atoms with E-state index in [1.165, 1.54) is 45.2 Å². The number of nitrogens with zero attached hydrogens (tertiary/aromatic N) is 1. The highest BCUT2D eigenvalue weighted by Crippen LogP contribution is 2.37. The van der Waals surface area contributed by atoms with Crippen molar-refractivity contribution >= 4 is 0 Å². The van der Waals surface area contributed by atoms with Crippen LogP contribution < -0.4 is 5.32 Å². The summed E-state index contributed by atoms with van der Waals surface area (Å²) in [5.41, 5.74) is 0.921. The molecule has 1 atom stereocenters. The maximum atomic E-state index is 3.53. The Morgan fingerprint density at radius 3 is 2.53 bits per heavy atom. The highest BCUT2D eigenvalue weighted by Gasteiger charge is 2.36. The van der Waals surface area contributed by atoms with Crippen LogP contribution >= 0.6 is 0 Å². The number of hydrogen-bond donors (Lipinski definition) is 1. The van der Waals surface area contributed by atoms with Crippen LogP contribution in [-0.4, -0.2) is 36.1 Å². The van der Waals surface area contributed by atoms with Crippen LogP contribution in [0.2, 0.25) is 0 Å². The van der Waals surface area contributed by atoms with E-state index in [1.807, 2.05) is 0 Å². The number of rotatable bonds is 1. The van der Waals surface area contributed by atoms with E-state index in [2.05, 4.69) is 37.9 Å². The van der Waals surface area contributed by atoms with Crippen molar-refractivity contribution in [1.82, 2.24) is 10.2 Å². The molecule has 1 N–H and O–H groups in total. The molecule has 0 spiro atoms. The van der Waals surface area contributed by atoms with Crippen molar-refractivity contribution in [2.24, 2.45) is 5.41 Å². The van der Waals surface area contributed by atoms with Crippen LogP contribution in [0.5, 0.6) is 0 Å². The van der Waals surface area contributed by atoms with Crippen LogP contribution in [0, 0.1) is 5.41 Å². The van der Waals surface area contributed by atoms with Crippen molar-refractivity contribution in [2.75, 3.05) is 19.6 Å². The molecule has 0 aromatic heterocycles. The first-order valence-corrected chi connectivity index (χ1v) is 7.38. The van der Waals surface area contributed by atoms with Gasteiger partial charge in [0.2, 0.25) is 0 Å². The molecule has 2 nitrogen and oxygen atoms in total. The number of hydrogen-bond acceptors (Lipinski definition) is 2. The Morgan fingerprint density at radius 2 is 1.82 bits per heavy atom. The maximum absolute atomic E-state index is 3.53. The lowest BCUT2D eigenvalue weighted by Crippen LogP contribution is -2.61. The van der Waals surface area contributed by atoms with Gasteiger partial charge in [0.1, 0.15) is 0 Å². The van der Waals surface area contributed by atoms with E-state index in [0.29, 0.717) is 11.0 Å². The Balaban J connectivity index is 2.01. The lowest BCUT2D eigenvalue weighted by atomic mass is 9.85. The van der Waals surface area contributed by atoms with E-state index in [-0.39, 0.29) is 0 Å². The molecule has 1 aliphatic heterocycles. The Labute approximate surface area is 107 Å². The maximum Gasteiger partial charge on any atom is 0.0281 e. The topological polar surface area (TPSA) is 15.3 Å². The Hall–Kier alpha value is -0.0800. The minimum absolute atomic E-state index is 0.345. The summed E-state index contributed by atoms with van der Waals surface area (Å²) >= 11 is 0. The molecule has 0 amide bonds. The third-order valence-corrected chi connectivity index (χ3v) is 4.85. The molecule has 1 unspecified atom stereocenters. The minimum atomic E-state index is 0.345. The zero-order valence-electron chi connectivity index (χ0n) is 12.2. The van der Waals surface area contributed by atoms with Gasteiger partial charge in [0.25, 0.3) is 0 Å². The van der Waals surface area contributed by atoms with E-state index in [9.17, 15) is 0 Å². The molecule has 2 aliphatic rings. The van der Waals surface area contributed by atoms with Crippen molar-refractivity contribution in [1.29, 1.82) is 0 Å². The normalized spacial score (nSPS) is 34.2. The van der Waals surface area contributed by atoms with Crippen LogP contribution in [0.15, 0.2) is 0 Å². The second-order valence-corrected chi connectivity index (χ2v) is 7.43. The van der Waals surface area contributed by atoms with Gasteiger partial charge in [0.05, 0.1) is 0 Å². The monoisotopic (exact) mass is 238 g/mol. The van der Waals surface area contributed by atoms with Gasteiger partial charge >= 0.3 is 0 Å². The molecule has 0 aromatic rings. The smallest absolute Gasteiger partial charge is 0.0281 e. The second kappa shape index (κ2) is 4.89. The Bertz CT molecular complexity index is 258. The van der Waals surface area contributed by atoms with Gasteiger partial charge in [-0.3, -0.25) is 4.90 Å². The van der Waals surface area contributed by atoms with Gasteiger partial charge in [-0.1, -0.05) is 20.3 Å². The van der Waals surface area contributed by atoms with Crippen molar-refractivity contribution in [2.45, 2.75) is 71.4 Å². The predicted octanol–water partition coefficient (Wildman–Crippen LogP) is 3.03. The van der Waals surface area contributed by atoms with Crippen LogP contribution in [0.1, 0.15) is 59.8 Å². The third-order valence-electron chi connectivity index (χ3n) is 4.85. The highest BCUT2D eigenvalue weighted by atomic mass is 15.3. The summed E-state index contributed by atoms with van der Waals surface area (Å²) in [6, 6.07) is 0.828. The van der Waals surface area contributed by atoms with Crippen molar-refractivity contribution < 1.29 is 0 Å². The molecular formula is C15H30N2. The molecule has 1 heterocycles. The summed E-state index contributed by atoms with van der Waals surface area (Å²) in [5.74, 6) is 0. The summed E-state index contributed by atoms with van der Waals surface area (Å²) in [5, 5.41) is 3.53. The molecule has 1 saturated heterocycles. The first kappa shape index (κ1) is 13.4. The Morgan fingerprint density at radius 1 is 1.06 bits per heavy atom. The molecular weight excluding hydrogens is 208 g/mol. The zero-order valence-corrected chi connectivity index (χ0v) is 12.2. The SMILES string of the molecule is CC1(C)CCCC(N2CCNCC2(C)C)CC1. The van der Waals surface area contributed by atoms with E-state index < -0.39 is 0 Å². The average molecular weight is 238 g/mol. The van der Waals surface area contributed by atoms with Gasteiger partial charge in [-0.05, 0) is 44.9 Å². The third kappa shape index (κ3) is 3.23. The predicted molar refractivity (Wildman–Crippen MR) is 74.3 cm³/mol. The number of piperazine rings is 1. The van der Waals surface area contributed by atoms with E-state index >= 15 is 0 Å². The number of nitrogens with one attached hydrogen (secondary N) is 1. The van der Waals surface area contributed by atoms with Crippen molar-refractivity contribution in [3.05, 3.63) is 0 Å². The lowest BCUT2D eigenvalue weighted by Gasteiger charge is -2.47. The fraction of sp³-hybridized carbons (Fsp3) is 1.00. The van der Waals surface area contributed by atoms with Gasteiger partial charge < -0.3 is 5.32 Å². The molecule has 100 valence electrons. The van der Waals surface area contributed by atoms with E-state index in [0.717, 1.165) is 12.6 Å². The molecule has 2 rings (SSSR count). The van der Waals surface area contributed by atoms with Gasteiger partial charge in [-0.15, -0.1) is 0 Å². The summed E-state index contributed by atoms with van der Waals surface area (Å²) in [4.78, 5) is 2.78. The molecule has 0 radical (unpaired) electrons. The lowest BCUT2D eigenvalue weighted by molar-refractivity contribution is 0.0369. The quantitative estimate of drug-likeness (QED) is 0.706. The molecule has 0 aromatic carbocycles. The van der Waals surface area contributed by atoms with Gasteiger partial charge in [-0.25, -0.2) is 0 Å². The molecule has 17 heavy (non-hydrogen) atoms. The molecule has 2 heteroatoms. The average Bonchev–Trinajstić information content (AvgIpc) is 2.39. The zero-order chi connectivity index (χ0) is 12.5. The van der Waals surface area contributed by atoms with Crippen molar-refractivity contribution in [3.8, 4) is 0 Å². The highest BCUT2D eigenvalue weighted by molar-refractivity contribution is 4.93. The van der Waals surface area contributed by atoms with Gasteiger partial charge in [0, 0.05) is 31.2 Å². The standard InChI is InChI=1S/C15H30N2/c1-14(2)8-5-6-13(7-9-14)17-11-10-16-12-15(17,3)4/h13,16H,5-12H2,1-4H3. The summed E-state index contributed by atoms with van der Waals surface area (Å²) < 4.78 is 0. The summed E-state index contributed by atoms with van der Waals surface area (Å²) in [6.45, 7) is 13.2. The van der Waals surface area contributed by atoms with E-state index in [4.69, 9.17) is 0 Å². The minimum Gasteiger partial charge on any atom is -0.314 e.